The summed E-state index contributed by atoms with van der Waals surface area (Å²) in [4.78, 5) is 0. The highest BCUT2D eigenvalue weighted by Gasteiger charge is 2.11. The molecule has 2 aromatic rings. The SMILES string of the molecule is COc1ccc(OCCc2ccc3c(c2)CCO3)cc1N. The minimum absolute atomic E-state index is 0.588. The van der Waals surface area contributed by atoms with Crippen LogP contribution in [0.1, 0.15) is 11.1 Å². The van der Waals surface area contributed by atoms with E-state index in [9.17, 15) is 0 Å². The normalized spacial score (nSPS) is 12.6. The Hall–Kier alpha value is -2.36. The fraction of sp³-hybridized carbons (Fsp3) is 0.294. The van der Waals surface area contributed by atoms with E-state index in [0.29, 0.717) is 18.0 Å². The van der Waals surface area contributed by atoms with Crippen molar-refractivity contribution in [3.63, 3.8) is 0 Å². The van der Waals surface area contributed by atoms with Gasteiger partial charge in [0.05, 0.1) is 26.0 Å². The molecular weight excluding hydrogens is 266 g/mol. The van der Waals surface area contributed by atoms with Crippen LogP contribution >= 0.6 is 0 Å². The number of rotatable bonds is 5. The summed E-state index contributed by atoms with van der Waals surface area (Å²) in [5.41, 5.74) is 9.00. The molecule has 0 unspecified atom stereocenters. The van der Waals surface area contributed by atoms with E-state index in [1.54, 1.807) is 13.2 Å². The lowest BCUT2D eigenvalue weighted by Crippen LogP contribution is -2.02. The Kier molecular flexibility index (Phi) is 3.86. The van der Waals surface area contributed by atoms with E-state index < -0.39 is 0 Å². The lowest BCUT2D eigenvalue weighted by molar-refractivity contribution is 0.321. The molecule has 0 spiro atoms. The summed E-state index contributed by atoms with van der Waals surface area (Å²) in [5.74, 6) is 2.45. The van der Waals surface area contributed by atoms with Crippen LogP contribution in [0.4, 0.5) is 5.69 Å². The summed E-state index contributed by atoms with van der Waals surface area (Å²) in [6.45, 7) is 1.41. The molecule has 110 valence electrons. The van der Waals surface area contributed by atoms with Crippen LogP contribution in [-0.2, 0) is 12.8 Å². The molecule has 4 nitrogen and oxygen atoms in total. The van der Waals surface area contributed by atoms with Crippen LogP contribution < -0.4 is 19.9 Å². The number of methoxy groups -OCH3 is 1. The number of benzene rings is 2. The maximum Gasteiger partial charge on any atom is 0.142 e. The zero-order valence-electron chi connectivity index (χ0n) is 12.1. The Morgan fingerprint density at radius 2 is 2.10 bits per heavy atom. The highest BCUT2D eigenvalue weighted by molar-refractivity contribution is 5.56. The predicted octanol–water partition coefficient (Wildman–Crippen LogP) is 2.83. The summed E-state index contributed by atoms with van der Waals surface area (Å²) in [6.07, 6.45) is 1.86. The number of hydrogen-bond acceptors (Lipinski definition) is 4. The van der Waals surface area contributed by atoms with Crippen LogP contribution in [0.2, 0.25) is 0 Å². The second kappa shape index (κ2) is 5.95. The lowest BCUT2D eigenvalue weighted by Gasteiger charge is -2.10. The van der Waals surface area contributed by atoms with E-state index in [0.717, 1.165) is 30.9 Å². The molecule has 0 aromatic heterocycles. The largest absolute Gasteiger partial charge is 0.495 e. The van der Waals surface area contributed by atoms with E-state index in [4.69, 9.17) is 19.9 Å². The Labute approximate surface area is 124 Å². The topological polar surface area (TPSA) is 53.7 Å². The molecule has 0 amide bonds. The van der Waals surface area contributed by atoms with Crippen molar-refractivity contribution >= 4 is 5.69 Å². The van der Waals surface area contributed by atoms with Crippen molar-refractivity contribution in [3.05, 3.63) is 47.5 Å². The van der Waals surface area contributed by atoms with Crippen LogP contribution in [-0.4, -0.2) is 20.3 Å². The number of nitrogen functional groups attached to an aromatic ring is 1. The molecule has 2 aromatic carbocycles. The molecule has 4 heteroatoms. The average Bonchev–Trinajstić information content (AvgIpc) is 2.95. The molecule has 0 bridgehead atoms. The van der Waals surface area contributed by atoms with Gasteiger partial charge in [0.2, 0.25) is 0 Å². The Bertz CT molecular complexity index is 640. The first-order valence-electron chi connectivity index (χ1n) is 7.07. The van der Waals surface area contributed by atoms with E-state index in [2.05, 4.69) is 12.1 Å². The third-order valence-electron chi connectivity index (χ3n) is 3.61. The van der Waals surface area contributed by atoms with Gasteiger partial charge in [0.15, 0.2) is 0 Å². The minimum Gasteiger partial charge on any atom is -0.495 e. The van der Waals surface area contributed by atoms with E-state index in [1.165, 1.54) is 11.1 Å². The maximum absolute atomic E-state index is 5.86. The fourth-order valence-corrected chi connectivity index (χ4v) is 2.48. The molecule has 0 atom stereocenters. The summed E-state index contributed by atoms with van der Waals surface area (Å²) >= 11 is 0. The number of anilines is 1. The Morgan fingerprint density at radius 1 is 1.19 bits per heavy atom. The first-order valence-corrected chi connectivity index (χ1v) is 7.07. The summed E-state index contributed by atoms with van der Waals surface area (Å²) in [6, 6.07) is 11.8. The number of ether oxygens (including phenoxy) is 3. The highest BCUT2D eigenvalue weighted by Crippen LogP contribution is 2.27. The van der Waals surface area contributed by atoms with Gasteiger partial charge in [0.25, 0.3) is 0 Å². The zero-order valence-corrected chi connectivity index (χ0v) is 12.1. The van der Waals surface area contributed by atoms with Crippen LogP contribution in [0, 0.1) is 0 Å². The van der Waals surface area contributed by atoms with Crippen LogP contribution in [0.15, 0.2) is 36.4 Å². The number of fused-ring (bicyclic) bond motifs is 1. The molecule has 1 aliphatic rings. The first kappa shape index (κ1) is 13.6. The number of hydrogen-bond donors (Lipinski definition) is 1. The molecule has 1 aliphatic heterocycles. The smallest absolute Gasteiger partial charge is 0.142 e. The number of nitrogens with two attached hydrogens (primary N) is 1. The Balaban J connectivity index is 1.57. The molecule has 0 aliphatic carbocycles. The van der Waals surface area contributed by atoms with Crippen molar-refractivity contribution < 1.29 is 14.2 Å². The standard InChI is InChI=1S/C17H19NO3/c1-19-17-5-3-14(11-15(17)18)20-8-6-12-2-4-16-13(10-12)7-9-21-16/h2-5,10-11H,6-9,18H2,1H3. The van der Waals surface area contributed by atoms with Crippen LogP contribution in [0.5, 0.6) is 17.2 Å². The van der Waals surface area contributed by atoms with Gasteiger partial charge < -0.3 is 19.9 Å². The second-order valence-corrected chi connectivity index (χ2v) is 5.04. The highest BCUT2D eigenvalue weighted by atomic mass is 16.5. The van der Waals surface area contributed by atoms with Crippen molar-refractivity contribution in [3.8, 4) is 17.2 Å². The Morgan fingerprint density at radius 3 is 2.90 bits per heavy atom. The third kappa shape index (κ3) is 3.05. The van der Waals surface area contributed by atoms with E-state index in [-0.39, 0.29) is 0 Å². The van der Waals surface area contributed by atoms with Crippen molar-refractivity contribution in [2.24, 2.45) is 0 Å². The maximum atomic E-state index is 5.86. The van der Waals surface area contributed by atoms with Gasteiger partial charge in [-0.3, -0.25) is 0 Å². The van der Waals surface area contributed by atoms with Gasteiger partial charge in [0, 0.05) is 18.9 Å². The van der Waals surface area contributed by atoms with Gasteiger partial charge in [-0.05, 0) is 29.3 Å². The second-order valence-electron chi connectivity index (χ2n) is 5.04. The zero-order chi connectivity index (χ0) is 14.7. The van der Waals surface area contributed by atoms with Crippen molar-refractivity contribution in [2.75, 3.05) is 26.1 Å². The predicted molar refractivity (Wildman–Crippen MR) is 82.2 cm³/mol. The molecule has 0 saturated carbocycles. The van der Waals surface area contributed by atoms with Gasteiger partial charge in [-0.2, -0.15) is 0 Å². The van der Waals surface area contributed by atoms with Crippen molar-refractivity contribution in [1.82, 2.24) is 0 Å². The van der Waals surface area contributed by atoms with Crippen LogP contribution in [0.3, 0.4) is 0 Å². The third-order valence-corrected chi connectivity index (χ3v) is 3.61. The van der Waals surface area contributed by atoms with Crippen molar-refractivity contribution in [1.29, 1.82) is 0 Å². The fourth-order valence-electron chi connectivity index (χ4n) is 2.48. The van der Waals surface area contributed by atoms with Gasteiger partial charge >= 0.3 is 0 Å². The summed E-state index contributed by atoms with van der Waals surface area (Å²) < 4.78 is 16.4. The van der Waals surface area contributed by atoms with Crippen molar-refractivity contribution in [2.45, 2.75) is 12.8 Å². The average molecular weight is 285 g/mol. The van der Waals surface area contributed by atoms with Gasteiger partial charge in [-0.25, -0.2) is 0 Å². The molecule has 0 radical (unpaired) electrons. The lowest BCUT2D eigenvalue weighted by atomic mass is 10.1. The molecule has 21 heavy (non-hydrogen) atoms. The molecular formula is C17H19NO3. The van der Waals surface area contributed by atoms with E-state index in [1.807, 2.05) is 18.2 Å². The summed E-state index contributed by atoms with van der Waals surface area (Å²) in [5, 5.41) is 0. The minimum atomic E-state index is 0.588. The van der Waals surface area contributed by atoms with Gasteiger partial charge in [-0.15, -0.1) is 0 Å². The monoisotopic (exact) mass is 285 g/mol. The summed E-state index contributed by atoms with van der Waals surface area (Å²) in [7, 11) is 1.60. The molecule has 3 rings (SSSR count). The quantitative estimate of drug-likeness (QED) is 0.858. The first-order chi connectivity index (χ1) is 10.3. The van der Waals surface area contributed by atoms with E-state index >= 15 is 0 Å². The van der Waals surface area contributed by atoms with Gasteiger partial charge in [0.1, 0.15) is 17.2 Å². The molecule has 0 fully saturated rings. The van der Waals surface area contributed by atoms with Gasteiger partial charge in [-0.1, -0.05) is 12.1 Å². The molecule has 2 N–H and O–H groups in total. The van der Waals surface area contributed by atoms with Crippen LogP contribution in [0.25, 0.3) is 0 Å². The molecule has 0 saturated heterocycles. The molecule has 1 heterocycles.